The van der Waals surface area contributed by atoms with E-state index in [2.05, 4.69) is 6.92 Å². The van der Waals surface area contributed by atoms with Gasteiger partial charge >= 0.3 is 0 Å². The zero-order valence-electron chi connectivity index (χ0n) is 10.9. The van der Waals surface area contributed by atoms with Crippen molar-refractivity contribution in [3.63, 3.8) is 0 Å². The molecule has 0 fully saturated rings. The van der Waals surface area contributed by atoms with Gasteiger partial charge in [0, 0.05) is 0 Å². The predicted octanol–water partition coefficient (Wildman–Crippen LogP) is 4.48. The fourth-order valence-electron chi connectivity index (χ4n) is 1.87. The third-order valence-corrected chi connectivity index (χ3v) is 3.28. The summed E-state index contributed by atoms with van der Waals surface area (Å²) in [5.41, 5.74) is 1.14. The van der Waals surface area contributed by atoms with Crippen LogP contribution in [-0.2, 0) is 6.42 Å². The average Bonchev–Trinajstić information content (AvgIpc) is 2.35. The lowest BCUT2D eigenvalue weighted by Crippen LogP contribution is -1.95. The minimum Gasteiger partial charge on any atom is -0.493 e. The van der Waals surface area contributed by atoms with Gasteiger partial charge in [-0.3, -0.25) is 0 Å². The van der Waals surface area contributed by atoms with Crippen LogP contribution >= 0.6 is 11.6 Å². The zero-order chi connectivity index (χ0) is 12.7. The molecule has 0 radical (unpaired) electrons. The number of hydrogen-bond donors (Lipinski definition) is 0. The third kappa shape index (κ3) is 3.81. The van der Waals surface area contributed by atoms with Gasteiger partial charge in [-0.2, -0.15) is 0 Å². The molecular formula is C14H21ClO2. The van der Waals surface area contributed by atoms with Crippen LogP contribution in [0.1, 0.15) is 38.2 Å². The molecule has 17 heavy (non-hydrogen) atoms. The summed E-state index contributed by atoms with van der Waals surface area (Å²) >= 11 is 6.30. The molecule has 0 saturated carbocycles. The first-order valence-electron chi connectivity index (χ1n) is 6.14. The molecule has 1 aromatic carbocycles. The molecule has 0 amide bonds. The largest absolute Gasteiger partial charge is 0.493 e. The zero-order valence-corrected chi connectivity index (χ0v) is 11.6. The van der Waals surface area contributed by atoms with Crippen molar-refractivity contribution in [2.24, 2.45) is 0 Å². The quantitative estimate of drug-likeness (QED) is 0.670. The van der Waals surface area contributed by atoms with Crippen LogP contribution in [0.5, 0.6) is 11.5 Å². The van der Waals surface area contributed by atoms with Gasteiger partial charge in [0.25, 0.3) is 0 Å². The Balaban J connectivity index is 2.73. The van der Waals surface area contributed by atoms with Gasteiger partial charge in [-0.05, 0) is 24.5 Å². The molecule has 3 heteroatoms. The van der Waals surface area contributed by atoms with Gasteiger partial charge in [0.2, 0.25) is 0 Å². The Morgan fingerprint density at radius 2 is 1.82 bits per heavy atom. The lowest BCUT2D eigenvalue weighted by atomic mass is 10.1. The summed E-state index contributed by atoms with van der Waals surface area (Å²) < 4.78 is 10.5. The van der Waals surface area contributed by atoms with Crippen LogP contribution in [0.25, 0.3) is 0 Å². The lowest BCUT2D eigenvalue weighted by molar-refractivity contribution is 0.354. The smallest absolute Gasteiger partial charge is 0.179 e. The van der Waals surface area contributed by atoms with E-state index < -0.39 is 0 Å². The molecule has 0 bridgehead atoms. The van der Waals surface area contributed by atoms with E-state index >= 15 is 0 Å². The van der Waals surface area contributed by atoms with Gasteiger partial charge in [-0.25, -0.2) is 0 Å². The fourth-order valence-corrected chi connectivity index (χ4v) is 2.19. The maximum Gasteiger partial charge on any atom is 0.179 e. The highest BCUT2D eigenvalue weighted by molar-refractivity contribution is 6.33. The molecule has 0 N–H and O–H groups in total. The molecule has 96 valence electrons. The number of hydrogen-bond acceptors (Lipinski definition) is 2. The van der Waals surface area contributed by atoms with Crippen molar-refractivity contribution in [2.75, 3.05) is 14.2 Å². The van der Waals surface area contributed by atoms with Crippen LogP contribution < -0.4 is 9.47 Å². The van der Waals surface area contributed by atoms with E-state index in [-0.39, 0.29) is 0 Å². The minimum absolute atomic E-state index is 0.641. The molecule has 0 atom stereocenters. The number of methoxy groups -OCH3 is 2. The van der Waals surface area contributed by atoms with Crippen molar-refractivity contribution in [3.8, 4) is 11.5 Å². The molecule has 0 aliphatic heterocycles. The van der Waals surface area contributed by atoms with Gasteiger partial charge in [-0.1, -0.05) is 43.9 Å². The Morgan fingerprint density at radius 1 is 1.06 bits per heavy atom. The third-order valence-electron chi connectivity index (χ3n) is 2.86. The maximum atomic E-state index is 6.30. The van der Waals surface area contributed by atoms with Crippen LogP contribution in [0.15, 0.2) is 12.1 Å². The molecule has 2 nitrogen and oxygen atoms in total. The summed E-state index contributed by atoms with van der Waals surface area (Å²) in [4.78, 5) is 0. The van der Waals surface area contributed by atoms with Crippen LogP contribution in [0.4, 0.5) is 0 Å². The Labute approximate surface area is 109 Å². The monoisotopic (exact) mass is 256 g/mol. The highest BCUT2D eigenvalue weighted by Crippen LogP contribution is 2.37. The summed E-state index contributed by atoms with van der Waals surface area (Å²) in [6.45, 7) is 2.21. The van der Waals surface area contributed by atoms with Gasteiger partial charge in [0.1, 0.15) is 0 Å². The van der Waals surface area contributed by atoms with Gasteiger partial charge in [0.15, 0.2) is 11.5 Å². The van der Waals surface area contributed by atoms with Crippen LogP contribution in [0.3, 0.4) is 0 Å². The Kier molecular flexibility index (Phi) is 6.20. The molecule has 0 saturated heterocycles. The lowest BCUT2D eigenvalue weighted by Gasteiger charge is -2.12. The first kappa shape index (κ1) is 14.2. The second-order valence-corrected chi connectivity index (χ2v) is 4.46. The van der Waals surface area contributed by atoms with E-state index in [9.17, 15) is 0 Å². The van der Waals surface area contributed by atoms with Crippen LogP contribution in [-0.4, -0.2) is 14.2 Å². The van der Waals surface area contributed by atoms with E-state index in [1.807, 2.05) is 12.1 Å². The standard InChI is InChI=1S/C14H21ClO2/c1-4-5-6-7-8-11-9-10-12(16-2)14(17-3)13(11)15/h9-10H,4-8H2,1-3H3. The van der Waals surface area contributed by atoms with Gasteiger partial charge in [-0.15, -0.1) is 0 Å². The highest BCUT2D eigenvalue weighted by atomic mass is 35.5. The predicted molar refractivity (Wildman–Crippen MR) is 72.4 cm³/mol. The molecule has 0 aromatic heterocycles. The number of rotatable bonds is 7. The summed E-state index contributed by atoms with van der Waals surface area (Å²) in [6, 6.07) is 3.94. The van der Waals surface area contributed by atoms with Crippen molar-refractivity contribution < 1.29 is 9.47 Å². The van der Waals surface area contributed by atoms with Crippen molar-refractivity contribution >= 4 is 11.6 Å². The molecule has 0 aliphatic rings. The second kappa shape index (κ2) is 7.44. The summed E-state index contributed by atoms with van der Waals surface area (Å²) in [6.07, 6.45) is 5.95. The van der Waals surface area contributed by atoms with E-state index in [1.54, 1.807) is 14.2 Å². The number of benzene rings is 1. The number of unbranched alkanes of at least 4 members (excludes halogenated alkanes) is 3. The maximum absolute atomic E-state index is 6.30. The Bertz CT molecular complexity index is 350. The fraction of sp³-hybridized carbons (Fsp3) is 0.571. The van der Waals surface area contributed by atoms with Crippen molar-refractivity contribution in [2.45, 2.75) is 39.0 Å². The van der Waals surface area contributed by atoms with E-state index in [0.717, 1.165) is 12.0 Å². The Hall–Kier alpha value is -0.890. The van der Waals surface area contributed by atoms with E-state index in [1.165, 1.54) is 25.7 Å². The number of aryl methyl sites for hydroxylation is 1. The van der Waals surface area contributed by atoms with Crippen LogP contribution in [0, 0.1) is 0 Å². The van der Waals surface area contributed by atoms with E-state index in [4.69, 9.17) is 21.1 Å². The summed E-state index contributed by atoms with van der Waals surface area (Å²) in [5, 5.41) is 0.684. The van der Waals surface area contributed by atoms with E-state index in [0.29, 0.717) is 16.5 Å². The first-order chi connectivity index (χ1) is 8.24. The second-order valence-electron chi connectivity index (χ2n) is 4.08. The number of ether oxygens (including phenoxy) is 2. The molecule has 0 spiro atoms. The summed E-state index contributed by atoms with van der Waals surface area (Å²) in [5.74, 6) is 1.33. The van der Waals surface area contributed by atoms with Crippen molar-refractivity contribution in [1.29, 1.82) is 0 Å². The highest BCUT2D eigenvalue weighted by Gasteiger charge is 2.12. The molecule has 0 unspecified atom stereocenters. The first-order valence-corrected chi connectivity index (χ1v) is 6.51. The Morgan fingerprint density at radius 3 is 2.41 bits per heavy atom. The molecule has 1 aromatic rings. The SMILES string of the molecule is CCCCCCc1ccc(OC)c(OC)c1Cl. The van der Waals surface area contributed by atoms with Gasteiger partial charge < -0.3 is 9.47 Å². The van der Waals surface area contributed by atoms with Crippen LogP contribution in [0.2, 0.25) is 5.02 Å². The van der Waals surface area contributed by atoms with Crippen molar-refractivity contribution in [3.05, 3.63) is 22.7 Å². The van der Waals surface area contributed by atoms with Crippen molar-refractivity contribution in [1.82, 2.24) is 0 Å². The molecule has 0 aliphatic carbocycles. The molecule has 1 rings (SSSR count). The molecule has 0 heterocycles. The number of halogens is 1. The average molecular weight is 257 g/mol. The summed E-state index contributed by atoms with van der Waals surface area (Å²) in [7, 11) is 3.24. The van der Waals surface area contributed by atoms with Gasteiger partial charge in [0.05, 0.1) is 19.2 Å². The normalized spacial score (nSPS) is 10.4. The minimum atomic E-state index is 0.641. The topological polar surface area (TPSA) is 18.5 Å². The molecular weight excluding hydrogens is 236 g/mol.